The molecule has 1 aromatic heterocycles. The van der Waals surface area contributed by atoms with Crippen LogP contribution in [0.2, 0.25) is 0 Å². The van der Waals surface area contributed by atoms with Gasteiger partial charge < -0.3 is 10.5 Å². The summed E-state index contributed by atoms with van der Waals surface area (Å²) in [5, 5.41) is 0. The molecule has 0 atom stereocenters. The van der Waals surface area contributed by atoms with Gasteiger partial charge in [-0.3, -0.25) is 4.72 Å². The summed E-state index contributed by atoms with van der Waals surface area (Å²) in [4.78, 5) is 14.4. The molecule has 3 N–H and O–H groups in total. The second-order valence-electron chi connectivity index (χ2n) is 1.89. The molecule has 6 heteroatoms. The molecule has 0 spiro atoms. The molecule has 1 heterocycles. The highest BCUT2D eigenvalue weighted by Gasteiger charge is 2.04. The van der Waals surface area contributed by atoms with Gasteiger partial charge in [-0.1, -0.05) is 12.8 Å². The van der Waals surface area contributed by atoms with E-state index in [-0.39, 0.29) is 11.6 Å². The van der Waals surface area contributed by atoms with E-state index < -0.39 is 6.09 Å². The van der Waals surface area contributed by atoms with Crippen LogP contribution in [0.5, 0.6) is 5.75 Å². The number of pyridine rings is 1. The highest BCUT2D eigenvalue weighted by molar-refractivity contribution is 7.78. The van der Waals surface area contributed by atoms with Crippen molar-refractivity contribution < 1.29 is 9.53 Å². The fraction of sp³-hybridized carbons (Fsp3) is 0. The zero-order chi connectivity index (χ0) is 8.97. The Morgan fingerprint density at radius 2 is 2.50 bits per heavy atom. The summed E-state index contributed by atoms with van der Waals surface area (Å²) in [5.41, 5.74) is 5.38. The van der Waals surface area contributed by atoms with Gasteiger partial charge in [-0.2, -0.15) is 0 Å². The Balaban J connectivity index is 2.75. The number of anilines is 1. The lowest BCUT2D eigenvalue weighted by atomic mass is 10.4. The summed E-state index contributed by atoms with van der Waals surface area (Å²) in [6, 6.07) is 3.14. The van der Waals surface area contributed by atoms with E-state index in [1.165, 1.54) is 12.3 Å². The molecule has 1 aromatic rings. The summed E-state index contributed by atoms with van der Waals surface area (Å²) >= 11 is 3.49. The normalized spacial score (nSPS) is 9.08. The molecule has 0 saturated carbocycles. The predicted octanol–water partition coefficient (Wildman–Crippen LogP) is 0.597. The average Bonchev–Trinajstić information content (AvgIpc) is 2.09. The Labute approximate surface area is 74.5 Å². The van der Waals surface area contributed by atoms with Crippen molar-refractivity contribution in [2.45, 2.75) is 0 Å². The van der Waals surface area contributed by atoms with Crippen LogP contribution in [0.4, 0.5) is 10.6 Å². The van der Waals surface area contributed by atoms with Gasteiger partial charge in [-0.15, -0.1) is 0 Å². The first-order valence-electron chi connectivity index (χ1n) is 3.06. The smallest absolute Gasteiger partial charge is 0.406 e. The lowest BCUT2D eigenvalue weighted by Gasteiger charge is -2.03. The van der Waals surface area contributed by atoms with Crippen LogP contribution in [0, 0.1) is 0 Å². The summed E-state index contributed by atoms with van der Waals surface area (Å²) in [6.07, 6.45) is 0.805. The monoisotopic (exact) mass is 185 g/mol. The Morgan fingerprint density at radius 1 is 1.75 bits per heavy atom. The zero-order valence-corrected chi connectivity index (χ0v) is 6.91. The molecule has 0 unspecified atom stereocenters. The van der Waals surface area contributed by atoms with Crippen LogP contribution in [0.3, 0.4) is 0 Å². The molecule has 1 amide bonds. The van der Waals surface area contributed by atoms with E-state index in [1.807, 2.05) is 4.72 Å². The van der Waals surface area contributed by atoms with Crippen LogP contribution < -0.4 is 15.2 Å². The minimum atomic E-state index is -0.696. The fourth-order valence-corrected chi connectivity index (χ4v) is 0.657. The van der Waals surface area contributed by atoms with Crippen molar-refractivity contribution in [2.24, 2.45) is 0 Å². The van der Waals surface area contributed by atoms with Crippen LogP contribution in [0.25, 0.3) is 0 Å². The van der Waals surface area contributed by atoms with Crippen LogP contribution in [0.1, 0.15) is 0 Å². The lowest BCUT2D eigenvalue weighted by Crippen LogP contribution is -2.18. The van der Waals surface area contributed by atoms with E-state index in [4.69, 9.17) is 5.73 Å². The third-order valence-electron chi connectivity index (χ3n) is 1.09. The van der Waals surface area contributed by atoms with Gasteiger partial charge in [0, 0.05) is 6.20 Å². The molecule has 0 radical (unpaired) electrons. The van der Waals surface area contributed by atoms with Crippen molar-refractivity contribution in [3.05, 3.63) is 18.3 Å². The Morgan fingerprint density at radius 3 is 3.08 bits per heavy atom. The third-order valence-corrected chi connectivity index (χ3v) is 1.28. The van der Waals surface area contributed by atoms with Gasteiger partial charge in [-0.05, 0) is 12.1 Å². The molecule has 0 fully saturated rings. The van der Waals surface area contributed by atoms with Gasteiger partial charge in [0.2, 0.25) is 0 Å². The number of hydrogen-bond donors (Lipinski definition) is 3. The Hall–Kier alpha value is -1.43. The summed E-state index contributed by atoms with van der Waals surface area (Å²) in [5.74, 6) is 0.374. The number of nitrogens with one attached hydrogen (secondary N) is 1. The van der Waals surface area contributed by atoms with Gasteiger partial charge >= 0.3 is 6.09 Å². The van der Waals surface area contributed by atoms with Crippen LogP contribution in [0.15, 0.2) is 18.3 Å². The van der Waals surface area contributed by atoms with E-state index >= 15 is 0 Å². The highest BCUT2D eigenvalue weighted by atomic mass is 32.1. The van der Waals surface area contributed by atoms with Crippen molar-refractivity contribution in [1.82, 2.24) is 9.71 Å². The number of amides is 1. The van der Waals surface area contributed by atoms with Crippen molar-refractivity contribution in [1.29, 1.82) is 0 Å². The Kier molecular flexibility index (Phi) is 2.76. The molecule has 0 aliphatic rings. The van der Waals surface area contributed by atoms with Crippen LogP contribution in [-0.2, 0) is 0 Å². The average molecular weight is 185 g/mol. The Bertz CT molecular complexity index is 292. The van der Waals surface area contributed by atoms with E-state index in [2.05, 4.69) is 22.5 Å². The number of rotatable bonds is 1. The fourth-order valence-electron chi connectivity index (χ4n) is 0.612. The number of carbonyl (C=O) groups excluding carboxylic acids is 1. The predicted molar refractivity (Wildman–Crippen MR) is 46.8 cm³/mol. The molecule has 1 rings (SSSR count). The first-order valence-corrected chi connectivity index (χ1v) is 3.51. The van der Waals surface area contributed by atoms with E-state index in [1.54, 1.807) is 6.07 Å². The summed E-state index contributed by atoms with van der Waals surface area (Å²) in [7, 11) is 0. The van der Waals surface area contributed by atoms with Crippen LogP contribution >= 0.6 is 12.8 Å². The molecule has 0 saturated heterocycles. The third kappa shape index (κ3) is 2.03. The van der Waals surface area contributed by atoms with E-state index in [9.17, 15) is 4.79 Å². The topological polar surface area (TPSA) is 77.2 Å². The molecule has 5 nitrogen and oxygen atoms in total. The molecule has 64 valence electrons. The zero-order valence-electron chi connectivity index (χ0n) is 6.02. The second-order valence-corrected chi connectivity index (χ2v) is 2.11. The largest absolute Gasteiger partial charge is 0.422 e. The lowest BCUT2D eigenvalue weighted by molar-refractivity contribution is 0.208. The molecular weight excluding hydrogens is 178 g/mol. The number of nitrogen functional groups attached to an aromatic ring is 1. The number of thiol groups is 1. The standard InChI is InChI=1S/C6H7N3O2S/c7-5-4(2-1-3-8-5)11-6(10)9-12/h1-3,12H,(H2,7,8)(H,9,10). The first kappa shape index (κ1) is 8.66. The first-order chi connectivity index (χ1) is 5.74. The summed E-state index contributed by atoms with van der Waals surface area (Å²) < 4.78 is 6.67. The summed E-state index contributed by atoms with van der Waals surface area (Å²) in [6.45, 7) is 0. The maximum Gasteiger partial charge on any atom is 0.422 e. The highest BCUT2D eigenvalue weighted by Crippen LogP contribution is 2.16. The van der Waals surface area contributed by atoms with E-state index in [0.717, 1.165) is 0 Å². The maximum absolute atomic E-state index is 10.6. The maximum atomic E-state index is 10.6. The van der Waals surface area contributed by atoms with Crippen molar-refractivity contribution in [3.63, 3.8) is 0 Å². The molecule has 0 aliphatic heterocycles. The van der Waals surface area contributed by atoms with E-state index in [0.29, 0.717) is 0 Å². The van der Waals surface area contributed by atoms with Gasteiger partial charge in [-0.25, -0.2) is 9.78 Å². The van der Waals surface area contributed by atoms with Crippen LogP contribution in [-0.4, -0.2) is 11.1 Å². The number of nitrogens with two attached hydrogens (primary N) is 1. The number of nitrogens with zero attached hydrogens (tertiary/aromatic N) is 1. The minimum Gasteiger partial charge on any atom is -0.406 e. The SMILES string of the molecule is Nc1ncccc1OC(=O)NS. The molecule has 0 bridgehead atoms. The molecule has 0 aromatic carbocycles. The number of hydrogen-bond acceptors (Lipinski definition) is 5. The minimum absolute atomic E-state index is 0.162. The van der Waals surface area contributed by atoms with Gasteiger partial charge in [0.25, 0.3) is 0 Å². The van der Waals surface area contributed by atoms with Crippen molar-refractivity contribution >= 4 is 24.7 Å². The van der Waals surface area contributed by atoms with Gasteiger partial charge in [0.1, 0.15) is 0 Å². The number of ether oxygens (including phenoxy) is 1. The number of aromatic nitrogens is 1. The number of carbonyl (C=O) groups is 1. The van der Waals surface area contributed by atoms with Gasteiger partial charge in [0.05, 0.1) is 0 Å². The molecular formula is C6H7N3O2S. The second kappa shape index (κ2) is 3.82. The molecule has 0 aliphatic carbocycles. The van der Waals surface area contributed by atoms with Crippen molar-refractivity contribution in [2.75, 3.05) is 5.73 Å². The van der Waals surface area contributed by atoms with Gasteiger partial charge in [0.15, 0.2) is 11.6 Å². The quantitative estimate of drug-likeness (QED) is 0.560. The van der Waals surface area contributed by atoms with Crippen molar-refractivity contribution in [3.8, 4) is 5.75 Å². The molecule has 12 heavy (non-hydrogen) atoms.